The highest BCUT2D eigenvalue weighted by Gasteiger charge is 2.23. The van der Waals surface area contributed by atoms with E-state index in [2.05, 4.69) is 24.0 Å². The molecule has 1 amide bonds. The molecular formula is C18H25N3O2. The number of carbonyl (C=O) groups excluding carboxylic acids is 1. The summed E-state index contributed by atoms with van der Waals surface area (Å²) in [6, 6.07) is 8.30. The molecule has 0 unspecified atom stereocenters. The van der Waals surface area contributed by atoms with Gasteiger partial charge < -0.3 is 19.5 Å². The number of benzene rings is 1. The molecule has 0 radical (unpaired) electrons. The summed E-state index contributed by atoms with van der Waals surface area (Å²) in [6.07, 6.45) is 3.25. The minimum atomic E-state index is 0.0968. The van der Waals surface area contributed by atoms with Crippen LogP contribution in [-0.2, 0) is 0 Å². The van der Waals surface area contributed by atoms with E-state index in [1.165, 1.54) is 0 Å². The van der Waals surface area contributed by atoms with Gasteiger partial charge in [0.25, 0.3) is 5.91 Å². The van der Waals surface area contributed by atoms with Gasteiger partial charge in [-0.05, 0) is 57.6 Å². The lowest BCUT2D eigenvalue weighted by Gasteiger charge is -2.23. The van der Waals surface area contributed by atoms with E-state index >= 15 is 0 Å². The minimum absolute atomic E-state index is 0.0968. The van der Waals surface area contributed by atoms with E-state index in [-0.39, 0.29) is 5.91 Å². The van der Waals surface area contributed by atoms with Crippen LogP contribution in [-0.4, -0.2) is 61.0 Å². The molecule has 2 aromatic rings. The number of carbonyl (C=O) groups is 1. The van der Waals surface area contributed by atoms with Crippen molar-refractivity contribution in [2.24, 2.45) is 0 Å². The Kier molecular flexibility index (Phi) is 4.57. The predicted octanol–water partition coefficient (Wildman–Crippen LogP) is 2.73. The summed E-state index contributed by atoms with van der Waals surface area (Å²) in [5.74, 6) is 0.902. The molecule has 1 atom stereocenters. The van der Waals surface area contributed by atoms with Crippen molar-refractivity contribution in [3.05, 3.63) is 30.0 Å². The standard InChI is InChI=1S/C18H25N3O2/c1-20(2)14-5-4-9-21(10-8-14)18(22)17-12-13-11-15(23-3)6-7-16(13)19-17/h6-7,11-12,14,19H,4-5,8-10H2,1-3H3/t14-/m1/s1. The monoisotopic (exact) mass is 315 g/mol. The molecule has 1 aromatic carbocycles. The molecule has 1 aromatic heterocycles. The second-order valence-electron chi connectivity index (χ2n) is 6.48. The normalized spacial score (nSPS) is 19.1. The summed E-state index contributed by atoms with van der Waals surface area (Å²) in [7, 11) is 5.89. The molecule has 1 saturated heterocycles. The van der Waals surface area contributed by atoms with Gasteiger partial charge in [0, 0.05) is 30.0 Å². The Balaban J connectivity index is 1.77. The van der Waals surface area contributed by atoms with Gasteiger partial charge in [0.2, 0.25) is 0 Å². The van der Waals surface area contributed by atoms with Crippen LogP contribution in [0.1, 0.15) is 29.8 Å². The van der Waals surface area contributed by atoms with Crippen LogP contribution in [0.15, 0.2) is 24.3 Å². The average Bonchev–Trinajstić information content (AvgIpc) is 2.81. The molecule has 5 nitrogen and oxygen atoms in total. The third-order valence-corrected chi connectivity index (χ3v) is 4.77. The van der Waals surface area contributed by atoms with Crippen molar-refractivity contribution in [3.63, 3.8) is 0 Å². The van der Waals surface area contributed by atoms with Gasteiger partial charge >= 0.3 is 0 Å². The van der Waals surface area contributed by atoms with E-state index in [1.54, 1.807) is 7.11 Å². The fraction of sp³-hybridized carbons (Fsp3) is 0.500. The summed E-state index contributed by atoms with van der Waals surface area (Å²) in [5.41, 5.74) is 1.63. The number of amides is 1. The lowest BCUT2D eigenvalue weighted by atomic mass is 10.1. The number of aromatic amines is 1. The number of hydrogen-bond acceptors (Lipinski definition) is 3. The predicted molar refractivity (Wildman–Crippen MR) is 92.1 cm³/mol. The van der Waals surface area contributed by atoms with Gasteiger partial charge in [0.05, 0.1) is 7.11 Å². The average molecular weight is 315 g/mol. The quantitative estimate of drug-likeness (QED) is 0.947. The molecular weight excluding hydrogens is 290 g/mol. The van der Waals surface area contributed by atoms with E-state index in [4.69, 9.17) is 4.74 Å². The van der Waals surface area contributed by atoms with Crippen LogP contribution in [0.25, 0.3) is 10.9 Å². The zero-order chi connectivity index (χ0) is 16.4. The first kappa shape index (κ1) is 15.9. The van der Waals surface area contributed by atoms with Crippen molar-refractivity contribution in [1.82, 2.24) is 14.8 Å². The zero-order valence-electron chi connectivity index (χ0n) is 14.1. The first-order valence-corrected chi connectivity index (χ1v) is 8.21. The number of nitrogens with zero attached hydrogens (tertiary/aromatic N) is 2. The van der Waals surface area contributed by atoms with Crippen molar-refractivity contribution < 1.29 is 9.53 Å². The van der Waals surface area contributed by atoms with Crippen LogP contribution in [0.5, 0.6) is 5.75 Å². The topological polar surface area (TPSA) is 48.6 Å². The Morgan fingerprint density at radius 1 is 1.26 bits per heavy atom. The van der Waals surface area contributed by atoms with Crippen LogP contribution in [0.3, 0.4) is 0 Å². The van der Waals surface area contributed by atoms with Crippen molar-refractivity contribution in [3.8, 4) is 5.75 Å². The molecule has 0 saturated carbocycles. The largest absolute Gasteiger partial charge is 0.497 e. The Labute approximate surface area is 137 Å². The van der Waals surface area contributed by atoms with Crippen LogP contribution in [0.2, 0.25) is 0 Å². The maximum atomic E-state index is 12.8. The smallest absolute Gasteiger partial charge is 0.270 e. The minimum Gasteiger partial charge on any atom is -0.497 e. The molecule has 0 spiro atoms. The maximum absolute atomic E-state index is 12.8. The third kappa shape index (κ3) is 3.34. The van der Waals surface area contributed by atoms with E-state index in [9.17, 15) is 4.79 Å². The Hall–Kier alpha value is -2.01. The van der Waals surface area contributed by atoms with Crippen LogP contribution in [0, 0.1) is 0 Å². The van der Waals surface area contributed by atoms with Gasteiger partial charge in [-0.2, -0.15) is 0 Å². The molecule has 1 aliphatic rings. The number of likely N-dealkylation sites (tertiary alicyclic amines) is 1. The second kappa shape index (κ2) is 6.62. The van der Waals surface area contributed by atoms with Gasteiger partial charge in [-0.15, -0.1) is 0 Å². The lowest BCUT2D eigenvalue weighted by molar-refractivity contribution is 0.0753. The van der Waals surface area contributed by atoms with Gasteiger partial charge in [-0.1, -0.05) is 0 Å². The second-order valence-corrected chi connectivity index (χ2v) is 6.48. The molecule has 1 fully saturated rings. The highest BCUT2D eigenvalue weighted by Crippen LogP contribution is 2.23. The number of ether oxygens (including phenoxy) is 1. The van der Waals surface area contributed by atoms with Gasteiger partial charge in [0.1, 0.15) is 11.4 Å². The van der Waals surface area contributed by atoms with E-state index in [0.717, 1.165) is 49.0 Å². The highest BCUT2D eigenvalue weighted by atomic mass is 16.5. The van der Waals surface area contributed by atoms with Crippen LogP contribution >= 0.6 is 0 Å². The molecule has 1 N–H and O–H groups in total. The number of fused-ring (bicyclic) bond motifs is 1. The highest BCUT2D eigenvalue weighted by molar-refractivity contribution is 5.98. The maximum Gasteiger partial charge on any atom is 0.270 e. The number of H-pyrrole nitrogens is 1. The summed E-state index contributed by atoms with van der Waals surface area (Å²) in [5, 5.41) is 1.01. The number of aromatic nitrogens is 1. The number of methoxy groups -OCH3 is 1. The molecule has 5 heteroatoms. The third-order valence-electron chi connectivity index (χ3n) is 4.77. The van der Waals surface area contributed by atoms with E-state index in [0.29, 0.717) is 11.7 Å². The SMILES string of the molecule is COc1ccc2[nH]c(C(=O)N3CCC[C@@H](N(C)C)CC3)cc2c1. The number of hydrogen-bond donors (Lipinski definition) is 1. The van der Waals surface area contributed by atoms with Gasteiger partial charge in [-0.25, -0.2) is 0 Å². The molecule has 23 heavy (non-hydrogen) atoms. The fourth-order valence-electron chi connectivity index (χ4n) is 3.32. The lowest BCUT2D eigenvalue weighted by Crippen LogP contribution is -2.34. The Morgan fingerprint density at radius 3 is 2.83 bits per heavy atom. The fourth-order valence-corrected chi connectivity index (χ4v) is 3.32. The van der Waals surface area contributed by atoms with E-state index < -0.39 is 0 Å². The Morgan fingerprint density at radius 2 is 2.09 bits per heavy atom. The number of nitrogens with one attached hydrogen (secondary N) is 1. The van der Waals surface area contributed by atoms with Gasteiger partial charge in [-0.3, -0.25) is 4.79 Å². The molecule has 3 rings (SSSR count). The summed E-state index contributed by atoms with van der Waals surface area (Å²) >= 11 is 0. The zero-order valence-corrected chi connectivity index (χ0v) is 14.1. The van der Waals surface area contributed by atoms with Crippen molar-refractivity contribution in [2.75, 3.05) is 34.3 Å². The van der Waals surface area contributed by atoms with Crippen LogP contribution in [0.4, 0.5) is 0 Å². The first-order valence-electron chi connectivity index (χ1n) is 8.21. The molecule has 1 aliphatic heterocycles. The first-order chi connectivity index (χ1) is 11.1. The van der Waals surface area contributed by atoms with Crippen molar-refractivity contribution in [2.45, 2.75) is 25.3 Å². The van der Waals surface area contributed by atoms with Crippen molar-refractivity contribution >= 4 is 16.8 Å². The molecule has 124 valence electrons. The molecule has 2 heterocycles. The molecule has 0 bridgehead atoms. The van der Waals surface area contributed by atoms with Crippen LogP contribution < -0.4 is 4.74 Å². The Bertz CT molecular complexity index is 693. The summed E-state index contributed by atoms with van der Waals surface area (Å²) in [6.45, 7) is 1.65. The summed E-state index contributed by atoms with van der Waals surface area (Å²) < 4.78 is 5.25. The van der Waals surface area contributed by atoms with Gasteiger partial charge in [0.15, 0.2) is 0 Å². The number of rotatable bonds is 3. The molecule has 0 aliphatic carbocycles. The van der Waals surface area contributed by atoms with Crippen molar-refractivity contribution in [1.29, 1.82) is 0 Å². The summed E-state index contributed by atoms with van der Waals surface area (Å²) in [4.78, 5) is 20.3. The van der Waals surface area contributed by atoms with E-state index in [1.807, 2.05) is 29.2 Å².